The molecule has 0 fully saturated rings. The number of nitrogen functional groups attached to an aromatic ring is 1. The van der Waals surface area contributed by atoms with Crippen LogP contribution in [-0.2, 0) is 9.53 Å². The largest absolute Gasteiger partial charge is 0.397 e. The van der Waals surface area contributed by atoms with Gasteiger partial charge in [-0.2, -0.15) is 0 Å². The van der Waals surface area contributed by atoms with Gasteiger partial charge in [-0.1, -0.05) is 23.2 Å². The summed E-state index contributed by atoms with van der Waals surface area (Å²) in [7, 11) is 0. The SMILES string of the molecule is Nc1cc(Cl)cc(Cl)c1NC(=O)CCCOCC(F)F. The van der Waals surface area contributed by atoms with Crippen molar-refractivity contribution in [2.75, 3.05) is 24.3 Å². The maximum atomic E-state index is 11.8. The van der Waals surface area contributed by atoms with Crippen molar-refractivity contribution in [3.8, 4) is 0 Å². The standard InChI is InChI=1S/C12H14Cl2F2N2O2/c13-7-4-8(14)12(9(17)5-7)18-11(19)2-1-3-20-6-10(15)16/h4-5,10H,1-3,6,17H2,(H,18,19). The topological polar surface area (TPSA) is 64.3 Å². The maximum absolute atomic E-state index is 11.8. The number of carbonyl (C=O) groups is 1. The molecule has 0 heterocycles. The Morgan fingerprint density at radius 3 is 2.70 bits per heavy atom. The highest BCUT2D eigenvalue weighted by molar-refractivity contribution is 6.37. The molecule has 0 aliphatic carbocycles. The van der Waals surface area contributed by atoms with Crippen molar-refractivity contribution in [1.29, 1.82) is 0 Å². The van der Waals surface area contributed by atoms with Gasteiger partial charge in [-0.15, -0.1) is 0 Å². The summed E-state index contributed by atoms with van der Waals surface area (Å²) >= 11 is 11.7. The summed E-state index contributed by atoms with van der Waals surface area (Å²) in [5.41, 5.74) is 6.23. The van der Waals surface area contributed by atoms with E-state index in [-0.39, 0.29) is 35.3 Å². The van der Waals surface area contributed by atoms with E-state index in [1.54, 1.807) is 0 Å². The molecule has 0 spiro atoms. The Hall–Kier alpha value is -1.11. The van der Waals surface area contributed by atoms with Gasteiger partial charge in [0.1, 0.15) is 6.61 Å². The number of rotatable bonds is 7. The summed E-state index contributed by atoms with van der Waals surface area (Å²) in [5.74, 6) is -0.332. The quantitative estimate of drug-likeness (QED) is 0.594. The molecule has 4 nitrogen and oxygen atoms in total. The molecule has 8 heteroatoms. The van der Waals surface area contributed by atoms with Crippen molar-refractivity contribution in [2.45, 2.75) is 19.3 Å². The summed E-state index contributed by atoms with van der Waals surface area (Å²) in [5, 5.41) is 3.15. The van der Waals surface area contributed by atoms with Crippen LogP contribution < -0.4 is 11.1 Å². The third-order valence-corrected chi connectivity index (χ3v) is 2.80. The predicted molar refractivity (Wildman–Crippen MR) is 75.6 cm³/mol. The van der Waals surface area contributed by atoms with E-state index in [0.717, 1.165) is 0 Å². The predicted octanol–water partition coefficient (Wildman–Crippen LogP) is 3.58. The second-order valence-corrected chi connectivity index (χ2v) is 4.81. The number of hydrogen-bond donors (Lipinski definition) is 2. The summed E-state index contributed by atoms with van der Waals surface area (Å²) in [6.07, 6.45) is -2.07. The highest BCUT2D eigenvalue weighted by Gasteiger charge is 2.10. The molecule has 20 heavy (non-hydrogen) atoms. The van der Waals surface area contributed by atoms with Gasteiger partial charge >= 0.3 is 0 Å². The van der Waals surface area contributed by atoms with E-state index in [1.807, 2.05) is 0 Å². The first-order valence-electron chi connectivity index (χ1n) is 5.80. The van der Waals surface area contributed by atoms with Gasteiger partial charge in [0.25, 0.3) is 6.43 Å². The average Bonchev–Trinajstić information content (AvgIpc) is 2.33. The van der Waals surface area contributed by atoms with E-state index in [4.69, 9.17) is 28.9 Å². The van der Waals surface area contributed by atoms with Crippen LogP contribution in [0.25, 0.3) is 0 Å². The van der Waals surface area contributed by atoms with Crippen LogP contribution in [0.5, 0.6) is 0 Å². The molecule has 1 aromatic carbocycles. The van der Waals surface area contributed by atoms with Gasteiger partial charge in [0.2, 0.25) is 5.91 Å². The maximum Gasteiger partial charge on any atom is 0.261 e. The summed E-state index contributed by atoms with van der Waals surface area (Å²) in [6.45, 7) is -0.542. The van der Waals surface area contributed by atoms with E-state index in [1.165, 1.54) is 12.1 Å². The highest BCUT2D eigenvalue weighted by Crippen LogP contribution is 2.32. The normalized spacial score (nSPS) is 10.8. The minimum atomic E-state index is -2.50. The van der Waals surface area contributed by atoms with Crippen LogP contribution in [0.3, 0.4) is 0 Å². The van der Waals surface area contributed by atoms with Crippen molar-refractivity contribution in [2.24, 2.45) is 0 Å². The molecule has 1 rings (SSSR count). The first kappa shape index (κ1) is 16.9. The third kappa shape index (κ3) is 5.90. The van der Waals surface area contributed by atoms with Gasteiger partial charge in [0.05, 0.1) is 16.4 Å². The molecule has 0 saturated carbocycles. The average molecular weight is 327 g/mol. The fourth-order valence-electron chi connectivity index (χ4n) is 1.43. The van der Waals surface area contributed by atoms with Gasteiger partial charge < -0.3 is 15.8 Å². The van der Waals surface area contributed by atoms with Crippen LogP contribution in [0.4, 0.5) is 20.2 Å². The van der Waals surface area contributed by atoms with Crippen molar-refractivity contribution in [3.05, 3.63) is 22.2 Å². The summed E-state index contributed by atoms with van der Waals surface area (Å²) in [4.78, 5) is 11.6. The van der Waals surface area contributed by atoms with Gasteiger partial charge in [-0.25, -0.2) is 8.78 Å². The fourth-order valence-corrected chi connectivity index (χ4v) is 1.99. The smallest absolute Gasteiger partial charge is 0.261 e. The Balaban J connectivity index is 2.39. The second kappa shape index (κ2) is 8.24. The van der Waals surface area contributed by atoms with Gasteiger partial charge in [-0.05, 0) is 18.6 Å². The molecule has 0 bridgehead atoms. The number of amides is 1. The summed E-state index contributed by atoms with van der Waals surface area (Å²) < 4.78 is 28.2. The molecule has 0 saturated heterocycles. The molecule has 3 N–H and O–H groups in total. The van der Waals surface area contributed by atoms with E-state index >= 15 is 0 Å². The first-order chi connectivity index (χ1) is 9.40. The molecular weight excluding hydrogens is 313 g/mol. The molecule has 0 radical (unpaired) electrons. The zero-order valence-electron chi connectivity index (χ0n) is 10.5. The lowest BCUT2D eigenvalue weighted by atomic mass is 10.2. The molecule has 0 aliphatic rings. The van der Waals surface area contributed by atoms with Crippen LogP contribution in [0.1, 0.15) is 12.8 Å². The minimum Gasteiger partial charge on any atom is -0.397 e. The molecule has 112 valence electrons. The Bertz CT molecular complexity index is 450. The zero-order valence-corrected chi connectivity index (χ0v) is 12.0. The van der Waals surface area contributed by atoms with Crippen molar-refractivity contribution < 1.29 is 18.3 Å². The second-order valence-electron chi connectivity index (χ2n) is 3.97. The van der Waals surface area contributed by atoms with Gasteiger partial charge in [-0.3, -0.25) is 4.79 Å². The minimum absolute atomic E-state index is 0.0849. The number of ether oxygens (including phenoxy) is 1. The van der Waals surface area contributed by atoms with Crippen molar-refractivity contribution >= 4 is 40.5 Å². The number of hydrogen-bond acceptors (Lipinski definition) is 3. The van der Waals surface area contributed by atoms with E-state index in [0.29, 0.717) is 11.4 Å². The Morgan fingerprint density at radius 2 is 2.10 bits per heavy atom. The van der Waals surface area contributed by atoms with Crippen LogP contribution in [0.2, 0.25) is 10.0 Å². The molecule has 0 aromatic heterocycles. The Labute approximate surface area is 125 Å². The molecule has 0 atom stereocenters. The van der Waals surface area contributed by atoms with Crippen molar-refractivity contribution in [3.63, 3.8) is 0 Å². The number of carbonyl (C=O) groups excluding carboxylic acids is 1. The van der Waals surface area contributed by atoms with Crippen LogP contribution >= 0.6 is 23.2 Å². The van der Waals surface area contributed by atoms with E-state index in [9.17, 15) is 13.6 Å². The number of nitrogens with two attached hydrogens (primary N) is 1. The number of halogens is 4. The first-order valence-corrected chi connectivity index (χ1v) is 6.56. The lowest BCUT2D eigenvalue weighted by Crippen LogP contribution is -2.14. The number of anilines is 2. The Morgan fingerprint density at radius 1 is 1.40 bits per heavy atom. The fraction of sp³-hybridized carbons (Fsp3) is 0.417. The summed E-state index contributed by atoms with van der Waals surface area (Å²) in [6, 6.07) is 2.93. The van der Waals surface area contributed by atoms with Gasteiger partial charge in [0.15, 0.2) is 0 Å². The molecule has 0 unspecified atom stereocenters. The molecule has 1 amide bonds. The molecule has 0 aliphatic heterocycles. The van der Waals surface area contributed by atoms with Crippen LogP contribution in [-0.4, -0.2) is 25.5 Å². The monoisotopic (exact) mass is 326 g/mol. The molecule has 1 aromatic rings. The number of alkyl halides is 2. The zero-order chi connectivity index (χ0) is 15.1. The lowest BCUT2D eigenvalue weighted by molar-refractivity contribution is -0.116. The number of nitrogens with one attached hydrogen (secondary N) is 1. The van der Waals surface area contributed by atoms with E-state index < -0.39 is 13.0 Å². The van der Waals surface area contributed by atoms with Crippen molar-refractivity contribution in [1.82, 2.24) is 0 Å². The van der Waals surface area contributed by atoms with E-state index in [2.05, 4.69) is 10.1 Å². The van der Waals surface area contributed by atoms with Gasteiger partial charge in [0, 0.05) is 18.1 Å². The number of benzene rings is 1. The van der Waals surface area contributed by atoms with Crippen LogP contribution in [0, 0.1) is 0 Å². The van der Waals surface area contributed by atoms with Crippen LogP contribution in [0.15, 0.2) is 12.1 Å². The highest BCUT2D eigenvalue weighted by atomic mass is 35.5. The Kier molecular flexibility index (Phi) is 6.98. The molecular formula is C12H14Cl2F2N2O2. The lowest BCUT2D eigenvalue weighted by Gasteiger charge is -2.10. The third-order valence-electron chi connectivity index (χ3n) is 2.29.